The Bertz CT molecular complexity index is 678. The Hall–Kier alpha value is -3.35. The van der Waals surface area contributed by atoms with Crippen LogP contribution in [0.15, 0.2) is 48.5 Å². The van der Waals surface area contributed by atoms with Crippen molar-refractivity contribution in [1.29, 1.82) is 0 Å². The van der Waals surface area contributed by atoms with Gasteiger partial charge in [-0.05, 0) is 24.3 Å². The Morgan fingerprint density at radius 2 is 0.955 bits per heavy atom. The quantitative estimate of drug-likeness (QED) is 0.636. The predicted molar refractivity (Wildman–Crippen MR) is 78.2 cm³/mol. The van der Waals surface area contributed by atoms with Gasteiger partial charge in [-0.25, -0.2) is 14.4 Å². The van der Waals surface area contributed by atoms with Crippen molar-refractivity contribution in [2.45, 2.75) is 0 Å². The number of carboxylic acids is 3. The predicted octanol–water partition coefficient (Wildman–Crippen LogP) is 2.05. The Labute approximate surface area is 125 Å². The van der Waals surface area contributed by atoms with E-state index in [1.807, 2.05) is 0 Å². The Kier molecular flexibility index (Phi) is 5.65. The van der Waals surface area contributed by atoms with Gasteiger partial charge in [0.15, 0.2) is 0 Å². The molecule has 7 heteroatoms. The van der Waals surface area contributed by atoms with E-state index in [-0.39, 0.29) is 16.7 Å². The third-order valence-electron chi connectivity index (χ3n) is 2.58. The third kappa shape index (κ3) is 4.34. The minimum atomic E-state index is -1.23. The van der Waals surface area contributed by atoms with E-state index in [2.05, 4.69) is 0 Å². The molecule has 2 aromatic carbocycles. The summed E-state index contributed by atoms with van der Waals surface area (Å²) in [6, 6.07) is 11.8. The topological polar surface area (TPSA) is 138 Å². The van der Waals surface area contributed by atoms with Gasteiger partial charge >= 0.3 is 17.9 Å². The van der Waals surface area contributed by atoms with E-state index < -0.39 is 17.9 Å². The van der Waals surface area contributed by atoms with Crippen LogP contribution in [0.3, 0.4) is 0 Å². The molecule has 0 saturated heterocycles. The summed E-state index contributed by atoms with van der Waals surface area (Å²) >= 11 is 0. The lowest BCUT2D eigenvalue weighted by Gasteiger charge is -1.98. The summed E-state index contributed by atoms with van der Waals surface area (Å²) in [7, 11) is 0. The molecule has 114 valence electrons. The van der Waals surface area contributed by atoms with Crippen molar-refractivity contribution < 1.29 is 29.7 Å². The van der Waals surface area contributed by atoms with Crippen LogP contribution in [0.5, 0.6) is 0 Å². The molecule has 7 nitrogen and oxygen atoms in total. The number of hydrogen-bond donors (Lipinski definition) is 4. The van der Waals surface area contributed by atoms with E-state index in [0.29, 0.717) is 5.69 Å². The minimum absolute atomic E-state index is 0.155. The molecule has 0 aliphatic carbocycles. The van der Waals surface area contributed by atoms with Crippen LogP contribution in [0.25, 0.3) is 0 Å². The maximum Gasteiger partial charge on any atom is 0.337 e. The largest absolute Gasteiger partial charge is 0.478 e. The normalized spacial score (nSPS) is 9.27. The van der Waals surface area contributed by atoms with E-state index in [1.54, 1.807) is 18.2 Å². The molecule has 2 rings (SSSR count). The molecular formula is C15H13NO6. The highest BCUT2D eigenvalue weighted by Gasteiger charge is 2.13. The van der Waals surface area contributed by atoms with Crippen LogP contribution < -0.4 is 5.73 Å². The van der Waals surface area contributed by atoms with Crippen LogP contribution in [-0.4, -0.2) is 33.2 Å². The molecule has 0 fully saturated rings. The second-order valence-corrected chi connectivity index (χ2v) is 4.05. The van der Waals surface area contributed by atoms with Crippen molar-refractivity contribution in [3.63, 3.8) is 0 Å². The van der Waals surface area contributed by atoms with Gasteiger partial charge < -0.3 is 21.1 Å². The van der Waals surface area contributed by atoms with E-state index in [1.165, 1.54) is 30.3 Å². The summed E-state index contributed by atoms with van der Waals surface area (Å²) < 4.78 is 0. The maximum absolute atomic E-state index is 10.5. The number of nitrogens with two attached hydrogens (primary N) is 1. The monoisotopic (exact) mass is 303 g/mol. The maximum atomic E-state index is 10.5. The number of benzene rings is 2. The van der Waals surface area contributed by atoms with Gasteiger partial charge in [0.1, 0.15) is 0 Å². The average molecular weight is 303 g/mol. The summed E-state index contributed by atoms with van der Waals surface area (Å²) in [6.45, 7) is 0. The number of carboxylic acid groups (broad SMARTS) is 3. The number of hydrogen-bond acceptors (Lipinski definition) is 4. The molecule has 0 aromatic heterocycles. The van der Waals surface area contributed by atoms with Crippen LogP contribution in [-0.2, 0) is 0 Å². The molecule has 0 bridgehead atoms. The van der Waals surface area contributed by atoms with Crippen LogP contribution in [0, 0.1) is 0 Å². The zero-order valence-corrected chi connectivity index (χ0v) is 11.3. The van der Waals surface area contributed by atoms with Crippen LogP contribution in [0.1, 0.15) is 31.1 Å². The van der Waals surface area contributed by atoms with E-state index in [4.69, 9.17) is 21.1 Å². The van der Waals surface area contributed by atoms with Crippen molar-refractivity contribution in [3.8, 4) is 0 Å². The highest BCUT2D eigenvalue weighted by Crippen LogP contribution is 2.09. The van der Waals surface area contributed by atoms with Crippen molar-refractivity contribution >= 4 is 23.6 Å². The van der Waals surface area contributed by atoms with E-state index in [0.717, 1.165) is 0 Å². The zero-order chi connectivity index (χ0) is 16.7. The fourth-order valence-electron chi connectivity index (χ4n) is 1.55. The molecule has 0 amide bonds. The number of rotatable bonds is 3. The van der Waals surface area contributed by atoms with Gasteiger partial charge in [-0.1, -0.05) is 24.3 Å². The zero-order valence-electron chi connectivity index (χ0n) is 11.3. The van der Waals surface area contributed by atoms with E-state index in [9.17, 15) is 14.4 Å². The molecule has 5 N–H and O–H groups in total. The third-order valence-corrected chi connectivity index (χ3v) is 2.58. The molecule has 0 spiro atoms. The van der Waals surface area contributed by atoms with Gasteiger partial charge in [0.05, 0.1) is 16.7 Å². The van der Waals surface area contributed by atoms with Crippen molar-refractivity contribution in [2.75, 3.05) is 5.73 Å². The van der Waals surface area contributed by atoms with Gasteiger partial charge in [0.2, 0.25) is 0 Å². The highest BCUT2D eigenvalue weighted by molar-refractivity contribution is 6.01. The lowest BCUT2D eigenvalue weighted by molar-refractivity contribution is 0.0651. The fourth-order valence-corrected chi connectivity index (χ4v) is 1.55. The van der Waals surface area contributed by atoms with Gasteiger partial charge in [-0.3, -0.25) is 0 Å². The molecule has 0 heterocycles. The highest BCUT2D eigenvalue weighted by atomic mass is 16.4. The summed E-state index contributed by atoms with van der Waals surface area (Å²) in [4.78, 5) is 31.3. The van der Waals surface area contributed by atoms with Crippen LogP contribution in [0.2, 0.25) is 0 Å². The summed E-state index contributed by atoms with van der Waals surface area (Å²) in [5.41, 5.74) is 5.42. The second kappa shape index (κ2) is 7.44. The molecule has 0 atom stereocenters. The van der Waals surface area contributed by atoms with E-state index >= 15 is 0 Å². The molecule has 0 radical (unpaired) electrons. The lowest BCUT2D eigenvalue weighted by atomic mass is 10.1. The number of para-hydroxylation sites is 1. The Morgan fingerprint density at radius 1 is 0.636 bits per heavy atom. The van der Waals surface area contributed by atoms with Crippen molar-refractivity contribution in [1.82, 2.24) is 0 Å². The van der Waals surface area contributed by atoms with Gasteiger partial charge in [-0.15, -0.1) is 0 Å². The van der Waals surface area contributed by atoms with Crippen LogP contribution >= 0.6 is 0 Å². The fraction of sp³-hybridized carbons (Fsp3) is 0. The molecule has 0 aliphatic rings. The summed E-state index contributed by atoms with van der Waals surface area (Å²) in [5.74, 6) is -3.45. The number of carbonyl (C=O) groups is 3. The number of nitrogen functional groups attached to an aromatic ring is 1. The summed E-state index contributed by atoms with van der Waals surface area (Å²) in [5, 5.41) is 25.6. The molecule has 0 unspecified atom stereocenters. The smallest absolute Gasteiger partial charge is 0.337 e. The first kappa shape index (κ1) is 16.7. The second-order valence-electron chi connectivity index (χ2n) is 4.05. The number of anilines is 1. The lowest BCUT2D eigenvalue weighted by Crippen LogP contribution is -2.06. The van der Waals surface area contributed by atoms with Crippen molar-refractivity contribution in [2.24, 2.45) is 0 Å². The first-order valence-electron chi connectivity index (χ1n) is 5.98. The number of aromatic carboxylic acids is 3. The molecule has 2 aromatic rings. The van der Waals surface area contributed by atoms with Gasteiger partial charge in [0.25, 0.3) is 0 Å². The molecule has 22 heavy (non-hydrogen) atoms. The first-order chi connectivity index (χ1) is 10.3. The van der Waals surface area contributed by atoms with Gasteiger partial charge in [-0.2, -0.15) is 0 Å². The standard InChI is InChI=1S/C8H6O4.C7H7NO2/c9-7(10)5-3-1-2-4-6(5)8(11)12;8-6-4-2-1-3-5(6)7(9)10/h1-4H,(H,9,10)(H,11,12);1-4H,8H2,(H,9,10). The molecule has 0 aliphatic heterocycles. The van der Waals surface area contributed by atoms with Crippen LogP contribution in [0.4, 0.5) is 5.69 Å². The minimum Gasteiger partial charge on any atom is -0.478 e. The SMILES string of the molecule is Nc1ccccc1C(=O)O.O=C(O)c1ccccc1C(=O)O. The van der Waals surface area contributed by atoms with Gasteiger partial charge in [0, 0.05) is 5.69 Å². The Morgan fingerprint density at radius 3 is 1.23 bits per heavy atom. The average Bonchev–Trinajstić information content (AvgIpc) is 2.48. The molecule has 0 saturated carbocycles. The first-order valence-corrected chi connectivity index (χ1v) is 5.98. The Balaban J connectivity index is 0.000000224. The summed E-state index contributed by atoms with van der Waals surface area (Å²) in [6.07, 6.45) is 0. The van der Waals surface area contributed by atoms with Crippen molar-refractivity contribution in [3.05, 3.63) is 65.2 Å². The molecular weight excluding hydrogens is 290 g/mol.